The normalized spacial score (nSPS) is 12.1. The monoisotopic (exact) mass is 637 g/mol. The summed E-state index contributed by atoms with van der Waals surface area (Å²) in [6.07, 6.45) is 0.263. The average Bonchev–Trinajstić information content (AvgIpc) is 2.94. The molecule has 0 bridgehead atoms. The van der Waals surface area contributed by atoms with Crippen LogP contribution in [0.4, 0.5) is 10.1 Å². The third-order valence-corrected chi connectivity index (χ3v) is 8.80. The Bertz CT molecular complexity index is 1490. The molecule has 1 N–H and O–H groups in total. The molecule has 0 saturated heterocycles. The summed E-state index contributed by atoms with van der Waals surface area (Å²) in [5, 5.41) is 3.44. The summed E-state index contributed by atoms with van der Waals surface area (Å²) in [6.45, 7) is 6.93. The van der Waals surface area contributed by atoms with Gasteiger partial charge in [-0.1, -0.05) is 36.2 Å². The molecule has 3 aromatic carbocycles. The molecular formula is C30H34Cl2FN3O5S. The van der Waals surface area contributed by atoms with Crippen molar-refractivity contribution in [1.82, 2.24) is 10.2 Å². The number of rotatable bonds is 13. The third-order valence-electron chi connectivity index (χ3n) is 6.27. The molecule has 0 spiro atoms. The molecule has 0 aliphatic rings. The minimum absolute atomic E-state index is 0.0343. The van der Waals surface area contributed by atoms with Crippen molar-refractivity contribution in [1.29, 1.82) is 0 Å². The SMILES string of the molecule is CCOc1ccc(N(CC(=O)N(Cc2ccc(Cl)c(Cl)c2)[C@H](CC)C(=O)NC(C)C)S(=O)(=O)c2ccc(F)cc2)cc1. The van der Waals surface area contributed by atoms with Gasteiger partial charge in [0.2, 0.25) is 11.8 Å². The van der Waals surface area contributed by atoms with E-state index in [1.54, 1.807) is 51.1 Å². The largest absolute Gasteiger partial charge is 0.494 e. The summed E-state index contributed by atoms with van der Waals surface area (Å²) in [5.41, 5.74) is 0.785. The van der Waals surface area contributed by atoms with Crippen molar-refractivity contribution < 1.29 is 27.1 Å². The lowest BCUT2D eigenvalue weighted by molar-refractivity contribution is -0.140. The molecule has 0 aliphatic heterocycles. The van der Waals surface area contributed by atoms with E-state index in [9.17, 15) is 22.4 Å². The molecule has 0 aliphatic carbocycles. The van der Waals surface area contributed by atoms with Crippen LogP contribution in [0.2, 0.25) is 10.0 Å². The van der Waals surface area contributed by atoms with Gasteiger partial charge < -0.3 is 15.0 Å². The van der Waals surface area contributed by atoms with E-state index in [1.165, 1.54) is 17.0 Å². The van der Waals surface area contributed by atoms with Gasteiger partial charge in [-0.2, -0.15) is 0 Å². The highest BCUT2D eigenvalue weighted by atomic mass is 35.5. The Balaban J connectivity index is 2.08. The predicted molar refractivity (Wildman–Crippen MR) is 163 cm³/mol. The molecule has 0 heterocycles. The Kier molecular flexibility index (Phi) is 11.6. The molecule has 8 nitrogen and oxygen atoms in total. The number of benzene rings is 3. The minimum atomic E-state index is -4.34. The molecular weight excluding hydrogens is 604 g/mol. The number of carbonyl (C=O) groups excluding carboxylic acids is 2. The standard InChI is InChI=1S/C30H34Cl2FN3O5S/c1-5-28(30(38)34-20(3)4)35(18-21-7-16-26(31)27(32)17-21)29(37)19-36(23-10-12-24(13-11-23)41-6-2)42(39,40)25-14-8-22(33)9-15-25/h7-17,20,28H,5-6,18-19H2,1-4H3,(H,34,38)/t28-/m1/s1. The molecule has 0 radical (unpaired) electrons. The maximum atomic E-state index is 14.1. The summed E-state index contributed by atoms with van der Waals surface area (Å²) in [4.78, 5) is 28.4. The Hall–Kier alpha value is -3.34. The number of halogens is 3. The number of sulfonamides is 1. The number of nitrogens with one attached hydrogen (secondary N) is 1. The fourth-order valence-corrected chi connectivity index (χ4v) is 6.01. The van der Waals surface area contributed by atoms with Crippen LogP contribution in [0.25, 0.3) is 0 Å². The molecule has 3 rings (SSSR count). The first-order chi connectivity index (χ1) is 19.9. The second-order valence-electron chi connectivity index (χ2n) is 9.75. The number of anilines is 1. The van der Waals surface area contributed by atoms with Crippen LogP contribution in [-0.2, 0) is 26.2 Å². The predicted octanol–water partition coefficient (Wildman–Crippen LogP) is 6.06. The van der Waals surface area contributed by atoms with Crippen molar-refractivity contribution in [2.75, 3.05) is 17.5 Å². The van der Waals surface area contributed by atoms with E-state index >= 15 is 0 Å². The van der Waals surface area contributed by atoms with Gasteiger partial charge in [0.05, 0.1) is 27.2 Å². The molecule has 2 amide bonds. The highest BCUT2D eigenvalue weighted by Gasteiger charge is 2.34. The molecule has 0 saturated carbocycles. The molecule has 3 aromatic rings. The fraction of sp³-hybridized carbons (Fsp3) is 0.333. The maximum absolute atomic E-state index is 14.1. The number of amides is 2. The van der Waals surface area contributed by atoms with Gasteiger partial charge in [0, 0.05) is 12.6 Å². The average molecular weight is 639 g/mol. The molecule has 0 unspecified atom stereocenters. The smallest absolute Gasteiger partial charge is 0.264 e. The maximum Gasteiger partial charge on any atom is 0.264 e. The van der Waals surface area contributed by atoms with Gasteiger partial charge in [-0.15, -0.1) is 0 Å². The lowest BCUT2D eigenvalue weighted by Gasteiger charge is -2.33. The van der Waals surface area contributed by atoms with Crippen LogP contribution in [0.3, 0.4) is 0 Å². The lowest BCUT2D eigenvalue weighted by Crippen LogP contribution is -2.53. The van der Waals surface area contributed by atoms with Crippen molar-refractivity contribution in [3.63, 3.8) is 0 Å². The Morgan fingerprint density at radius 3 is 2.14 bits per heavy atom. The van der Waals surface area contributed by atoms with E-state index in [1.807, 2.05) is 6.92 Å². The summed E-state index contributed by atoms with van der Waals surface area (Å²) in [5.74, 6) is -1.10. The molecule has 42 heavy (non-hydrogen) atoms. The van der Waals surface area contributed by atoms with Gasteiger partial charge in [-0.3, -0.25) is 13.9 Å². The van der Waals surface area contributed by atoms with Crippen LogP contribution < -0.4 is 14.4 Å². The second kappa shape index (κ2) is 14.7. The first-order valence-corrected chi connectivity index (χ1v) is 15.6. The van der Waals surface area contributed by atoms with E-state index in [4.69, 9.17) is 27.9 Å². The second-order valence-corrected chi connectivity index (χ2v) is 12.4. The zero-order valence-electron chi connectivity index (χ0n) is 23.8. The molecule has 12 heteroatoms. The van der Waals surface area contributed by atoms with Crippen LogP contribution >= 0.6 is 23.2 Å². The van der Waals surface area contributed by atoms with E-state index in [-0.39, 0.29) is 40.5 Å². The van der Waals surface area contributed by atoms with Gasteiger partial charge in [0.15, 0.2) is 0 Å². The van der Waals surface area contributed by atoms with Crippen LogP contribution in [0.15, 0.2) is 71.6 Å². The van der Waals surface area contributed by atoms with Gasteiger partial charge in [-0.25, -0.2) is 12.8 Å². The van der Waals surface area contributed by atoms with Gasteiger partial charge in [0.1, 0.15) is 24.2 Å². The summed E-state index contributed by atoms with van der Waals surface area (Å²) < 4.78 is 47.8. The lowest BCUT2D eigenvalue weighted by atomic mass is 10.1. The van der Waals surface area contributed by atoms with Crippen molar-refractivity contribution in [3.8, 4) is 5.75 Å². The summed E-state index contributed by atoms with van der Waals surface area (Å²) in [7, 11) is -4.34. The quantitative estimate of drug-likeness (QED) is 0.246. The van der Waals surface area contributed by atoms with Crippen molar-refractivity contribution in [3.05, 3.63) is 88.2 Å². The fourth-order valence-electron chi connectivity index (χ4n) is 4.27. The Morgan fingerprint density at radius 2 is 1.60 bits per heavy atom. The van der Waals surface area contributed by atoms with Gasteiger partial charge in [0.25, 0.3) is 10.0 Å². The Morgan fingerprint density at radius 1 is 0.952 bits per heavy atom. The first kappa shape index (κ1) is 33.2. The van der Waals surface area contributed by atoms with Gasteiger partial charge >= 0.3 is 0 Å². The third kappa shape index (κ3) is 8.36. The number of nitrogens with zero attached hydrogens (tertiary/aromatic N) is 2. The highest BCUT2D eigenvalue weighted by molar-refractivity contribution is 7.92. The number of hydrogen-bond acceptors (Lipinski definition) is 5. The first-order valence-electron chi connectivity index (χ1n) is 13.4. The summed E-state index contributed by atoms with van der Waals surface area (Å²) >= 11 is 12.3. The molecule has 0 fully saturated rings. The van der Waals surface area contributed by atoms with E-state index in [2.05, 4.69) is 5.32 Å². The molecule has 0 aromatic heterocycles. The van der Waals surface area contributed by atoms with Crippen LogP contribution in [0.1, 0.15) is 39.7 Å². The van der Waals surface area contributed by atoms with Gasteiger partial charge in [-0.05, 0) is 93.4 Å². The topological polar surface area (TPSA) is 96.0 Å². The number of carbonyl (C=O) groups is 2. The van der Waals surface area contributed by atoms with E-state index < -0.39 is 34.3 Å². The zero-order chi connectivity index (χ0) is 31.0. The van der Waals surface area contributed by atoms with E-state index in [0.29, 0.717) is 22.9 Å². The van der Waals surface area contributed by atoms with E-state index in [0.717, 1.165) is 28.6 Å². The van der Waals surface area contributed by atoms with Crippen LogP contribution in [0, 0.1) is 5.82 Å². The van der Waals surface area contributed by atoms with Crippen LogP contribution in [0.5, 0.6) is 5.75 Å². The summed E-state index contributed by atoms with van der Waals surface area (Å²) in [6, 6.07) is 14.3. The highest BCUT2D eigenvalue weighted by Crippen LogP contribution is 2.28. The van der Waals surface area contributed by atoms with Crippen molar-refractivity contribution in [2.24, 2.45) is 0 Å². The Labute approximate surface area is 256 Å². The van der Waals surface area contributed by atoms with Crippen LogP contribution in [-0.4, -0.2) is 50.4 Å². The molecule has 226 valence electrons. The number of hydrogen-bond donors (Lipinski definition) is 1. The number of ether oxygens (including phenoxy) is 1. The van der Waals surface area contributed by atoms with Crippen molar-refractivity contribution in [2.45, 2.75) is 57.6 Å². The van der Waals surface area contributed by atoms with Crippen molar-refractivity contribution >= 4 is 50.7 Å². The molecule has 1 atom stereocenters. The minimum Gasteiger partial charge on any atom is -0.494 e. The zero-order valence-corrected chi connectivity index (χ0v) is 26.1.